The van der Waals surface area contributed by atoms with Crippen LogP contribution in [0.5, 0.6) is 17.2 Å². The predicted octanol–water partition coefficient (Wildman–Crippen LogP) is 2.69. The zero-order chi connectivity index (χ0) is 19.2. The number of benzene rings is 2. The minimum atomic E-state index is -0.251. The average molecular weight is 369 g/mol. The standard InChI is InChI=1S/C19H19N3O5/c1-24-13-6-4-12(5-7-13)19(23)20-11-17-21-18(22-27-17)15-9-8-14(25-2)10-16(15)26-3/h4-10H,11H2,1-3H3,(H,20,23). The summed E-state index contributed by atoms with van der Waals surface area (Å²) in [6.45, 7) is 0.107. The first-order valence-electron chi connectivity index (χ1n) is 8.12. The molecule has 1 heterocycles. The second-order valence-corrected chi connectivity index (χ2v) is 5.49. The van der Waals surface area contributed by atoms with Crippen molar-refractivity contribution in [1.29, 1.82) is 0 Å². The Morgan fingerprint density at radius 3 is 2.37 bits per heavy atom. The van der Waals surface area contributed by atoms with E-state index in [0.717, 1.165) is 0 Å². The number of hydrogen-bond donors (Lipinski definition) is 1. The number of carbonyl (C=O) groups is 1. The van der Waals surface area contributed by atoms with E-state index in [9.17, 15) is 4.79 Å². The Balaban J connectivity index is 1.68. The van der Waals surface area contributed by atoms with E-state index in [1.54, 1.807) is 63.8 Å². The first kappa shape index (κ1) is 18.2. The molecule has 0 saturated carbocycles. The van der Waals surface area contributed by atoms with Crippen molar-refractivity contribution < 1.29 is 23.5 Å². The van der Waals surface area contributed by atoms with Gasteiger partial charge in [0.1, 0.15) is 17.2 Å². The molecule has 8 nitrogen and oxygen atoms in total. The van der Waals surface area contributed by atoms with Crippen LogP contribution in [-0.2, 0) is 6.54 Å². The van der Waals surface area contributed by atoms with Crippen molar-refractivity contribution in [3.63, 3.8) is 0 Å². The Kier molecular flexibility index (Phi) is 5.55. The summed E-state index contributed by atoms with van der Waals surface area (Å²) >= 11 is 0. The zero-order valence-electron chi connectivity index (χ0n) is 15.2. The first-order valence-corrected chi connectivity index (χ1v) is 8.12. The van der Waals surface area contributed by atoms with Gasteiger partial charge in [0.15, 0.2) is 0 Å². The van der Waals surface area contributed by atoms with Crippen LogP contribution in [0.3, 0.4) is 0 Å². The van der Waals surface area contributed by atoms with Gasteiger partial charge in [-0.2, -0.15) is 4.98 Å². The van der Waals surface area contributed by atoms with Crippen LogP contribution in [0.2, 0.25) is 0 Å². The highest BCUT2D eigenvalue weighted by molar-refractivity contribution is 5.94. The molecule has 0 fully saturated rings. The third kappa shape index (κ3) is 4.17. The van der Waals surface area contributed by atoms with E-state index >= 15 is 0 Å². The molecule has 140 valence electrons. The lowest BCUT2D eigenvalue weighted by Crippen LogP contribution is -2.22. The van der Waals surface area contributed by atoms with E-state index in [1.807, 2.05) is 0 Å². The number of aromatic nitrogens is 2. The molecule has 0 bridgehead atoms. The van der Waals surface area contributed by atoms with E-state index in [0.29, 0.717) is 34.2 Å². The van der Waals surface area contributed by atoms with Crippen molar-refractivity contribution in [1.82, 2.24) is 15.5 Å². The van der Waals surface area contributed by atoms with Gasteiger partial charge in [-0.05, 0) is 36.4 Å². The quantitative estimate of drug-likeness (QED) is 0.684. The fourth-order valence-corrected chi connectivity index (χ4v) is 2.42. The van der Waals surface area contributed by atoms with Gasteiger partial charge in [0, 0.05) is 11.6 Å². The maximum Gasteiger partial charge on any atom is 0.251 e. The summed E-state index contributed by atoms with van der Waals surface area (Å²) in [4.78, 5) is 16.5. The van der Waals surface area contributed by atoms with Gasteiger partial charge < -0.3 is 24.1 Å². The van der Waals surface area contributed by atoms with Gasteiger partial charge >= 0.3 is 0 Å². The lowest BCUT2D eigenvalue weighted by Gasteiger charge is -2.07. The Morgan fingerprint density at radius 1 is 1.00 bits per heavy atom. The van der Waals surface area contributed by atoms with Crippen LogP contribution in [0.4, 0.5) is 0 Å². The van der Waals surface area contributed by atoms with Gasteiger partial charge in [-0.15, -0.1) is 0 Å². The fourth-order valence-electron chi connectivity index (χ4n) is 2.42. The molecule has 0 saturated heterocycles. The number of amides is 1. The minimum Gasteiger partial charge on any atom is -0.497 e. The smallest absolute Gasteiger partial charge is 0.251 e. The van der Waals surface area contributed by atoms with Crippen LogP contribution in [0.25, 0.3) is 11.4 Å². The molecule has 0 aliphatic heterocycles. The highest BCUT2D eigenvalue weighted by Gasteiger charge is 2.15. The summed E-state index contributed by atoms with van der Waals surface area (Å²) in [6, 6.07) is 12.1. The molecule has 0 atom stereocenters. The highest BCUT2D eigenvalue weighted by atomic mass is 16.5. The summed E-state index contributed by atoms with van der Waals surface area (Å²) in [5.74, 6) is 2.30. The molecule has 0 aliphatic carbocycles. The van der Waals surface area contributed by atoms with Gasteiger partial charge in [-0.25, -0.2) is 0 Å². The van der Waals surface area contributed by atoms with Crippen molar-refractivity contribution in [2.75, 3.05) is 21.3 Å². The molecule has 3 aromatic rings. The van der Waals surface area contributed by atoms with Crippen molar-refractivity contribution in [3.05, 3.63) is 53.9 Å². The third-order valence-electron chi connectivity index (χ3n) is 3.87. The zero-order valence-corrected chi connectivity index (χ0v) is 15.2. The number of nitrogens with zero attached hydrogens (tertiary/aromatic N) is 2. The van der Waals surface area contributed by atoms with Crippen molar-refractivity contribution in [2.45, 2.75) is 6.54 Å². The predicted molar refractivity (Wildman–Crippen MR) is 97.0 cm³/mol. The van der Waals surface area contributed by atoms with Crippen molar-refractivity contribution in [2.24, 2.45) is 0 Å². The number of carbonyl (C=O) groups excluding carboxylic acids is 1. The SMILES string of the molecule is COc1ccc(C(=O)NCc2nc(-c3ccc(OC)cc3OC)no2)cc1. The van der Waals surface area contributed by atoms with Crippen LogP contribution in [0.1, 0.15) is 16.2 Å². The van der Waals surface area contributed by atoms with Gasteiger partial charge in [0.05, 0.1) is 33.4 Å². The second kappa shape index (κ2) is 8.22. The second-order valence-electron chi connectivity index (χ2n) is 5.49. The molecule has 0 unspecified atom stereocenters. The average Bonchev–Trinajstić information content (AvgIpc) is 3.20. The molecule has 8 heteroatoms. The highest BCUT2D eigenvalue weighted by Crippen LogP contribution is 2.31. The summed E-state index contributed by atoms with van der Waals surface area (Å²) in [7, 11) is 4.70. The molecule has 1 amide bonds. The van der Waals surface area contributed by atoms with Crippen LogP contribution in [-0.4, -0.2) is 37.4 Å². The first-order chi connectivity index (χ1) is 13.1. The maximum absolute atomic E-state index is 12.2. The molecule has 0 aliphatic rings. The van der Waals surface area contributed by atoms with Crippen LogP contribution >= 0.6 is 0 Å². The van der Waals surface area contributed by atoms with Crippen LogP contribution < -0.4 is 19.5 Å². The van der Waals surface area contributed by atoms with Crippen LogP contribution in [0, 0.1) is 0 Å². The fraction of sp³-hybridized carbons (Fsp3) is 0.211. The maximum atomic E-state index is 12.2. The van der Waals surface area contributed by atoms with Crippen LogP contribution in [0.15, 0.2) is 47.0 Å². The number of methoxy groups -OCH3 is 3. The normalized spacial score (nSPS) is 10.3. The van der Waals surface area contributed by atoms with E-state index in [1.165, 1.54) is 0 Å². The van der Waals surface area contributed by atoms with Crippen molar-refractivity contribution >= 4 is 5.91 Å². The number of ether oxygens (including phenoxy) is 3. The molecule has 0 spiro atoms. The topological polar surface area (TPSA) is 95.7 Å². The molecule has 1 N–H and O–H groups in total. The Bertz CT molecular complexity index is 921. The number of rotatable bonds is 7. The number of nitrogens with one attached hydrogen (secondary N) is 1. The van der Waals surface area contributed by atoms with Crippen molar-refractivity contribution in [3.8, 4) is 28.6 Å². The number of hydrogen-bond acceptors (Lipinski definition) is 7. The monoisotopic (exact) mass is 369 g/mol. The Labute approximate surface area is 156 Å². The third-order valence-corrected chi connectivity index (χ3v) is 3.87. The molecule has 1 aromatic heterocycles. The van der Waals surface area contributed by atoms with E-state index in [4.69, 9.17) is 18.7 Å². The summed E-state index contributed by atoms with van der Waals surface area (Å²) in [5.41, 5.74) is 1.17. The Morgan fingerprint density at radius 2 is 1.70 bits per heavy atom. The van der Waals surface area contributed by atoms with E-state index in [2.05, 4.69) is 15.5 Å². The van der Waals surface area contributed by atoms with E-state index < -0.39 is 0 Å². The summed E-state index contributed by atoms with van der Waals surface area (Å²) in [6.07, 6.45) is 0. The molecule has 3 rings (SSSR count). The van der Waals surface area contributed by atoms with Gasteiger partial charge in [-0.1, -0.05) is 5.16 Å². The van der Waals surface area contributed by atoms with E-state index in [-0.39, 0.29) is 18.3 Å². The summed E-state index contributed by atoms with van der Waals surface area (Å²) < 4.78 is 20.8. The summed E-state index contributed by atoms with van der Waals surface area (Å²) in [5, 5.41) is 6.69. The molecular weight excluding hydrogens is 350 g/mol. The molecule has 2 aromatic carbocycles. The minimum absolute atomic E-state index is 0.107. The largest absolute Gasteiger partial charge is 0.497 e. The lowest BCUT2D eigenvalue weighted by molar-refractivity contribution is 0.0946. The van der Waals surface area contributed by atoms with Gasteiger partial charge in [0.2, 0.25) is 11.7 Å². The lowest BCUT2D eigenvalue weighted by atomic mass is 10.2. The van der Waals surface area contributed by atoms with Gasteiger partial charge in [0.25, 0.3) is 5.91 Å². The molecule has 27 heavy (non-hydrogen) atoms. The molecule has 0 radical (unpaired) electrons. The molecular formula is C19H19N3O5. The van der Waals surface area contributed by atoms with Gasteiger partial charge in [-0.3, -0.25) is 4.79 Å². The Hall–Kier alpha value is -3.55.